The fraction of sp³-hybridized carbons (Fsp3) is 0.455. The number of nitrogen functional groups attached to an aromatic ring is 1. The zero-order valence-electron chi connectivity index (χ0n) is 22.2. The van der Waals surface area contributed by atoms with E-state index in [0.717, 1.165) is 7.11 Å². The normalized spacial score (nSPS) is 24.3. The Hall–Kier alpha value is -3.69. The summed E-state index contributed by atoms with van der Waals surface area (Å²) < 4.78 is 42.4. The number of azide groups is 1. The Labute approximate surface area is 238 Å². The van der Waals surface area contributed by atoms with Crippen molar-refractivity contribution in [3.05, 3.63) is 46.1 Å². The Morgan fingerprint density at radius 3 is 2.80 bits per heavy atom. The first kappa shape index (κ1) is 30.3. The smallest absolute Gasteiger partial charge is 0.459 e. The summed E-state index contributed by atoms with van der Waals surface area (Å²) in [5.74, 6) is -0.765. The summed E-state index contributed by atoms with van der Waals surface area (Å²) in [6, 6.07) is 5.06. The number of carbonyl (C=O) groups excluding carboxylic acids is 1. The van der Waals surface area contributed by atoms with Gasteiger partial charge in [-0.1, -0.05) is 28.8 Å². The maximum Gasteiger partial charge on any atom is 0.459 e. The number of nitrogens with one attached hydrogen (secondary N) is 1. The molecule has 0 spiro atoms. The third kappa shape index (κ3) is 6.01. The van der Waals surface area contributed by atoms with Crippen molar-refractivity contribution in [1.29, 1.82) is 0 Å². The summed E-state index contributed by atoms with van der Waals surface area (Å²) in [5.41, 5.74) is 13.9. The van der Waals surface area contributed by atoms with Crippen LogP contribution in [0.15, 0.2) is 35.7 Å². The van der Waals surface area contributed by atoms with Gasteiger partial charge in [0.15, 0.2) is 17.4 Å². The molecule has 0 amide bonds. The quantitative estimate of drug-likeness (QED) is 0.0931. The first-order chi connectivity index (χ1) is 19.5. The van der Waals surface area contributed by atoms with E-state index in [1.807, 2.05) is 0 Å². The lowest BCUT2D eigenvalue weighted by atomic mass is 9.93. The summed E-state index contributed by atoms with van der Waals surface area (Å²) >= 11 is 6.17. The molecule has 1 saturated heterocycles. The summed E-state index contributed by atoms with van der Waals surface area (Å²) in [6.45, 7) is 2.29. The van der Waals surface area contributed by atoms with Gasteiger partial charge in [0.1, 0.15) is 23.4 Å². The number of fused-ring (bicyclic) bond motifs is 1. The number of hydrogen-bond donors (Lipinski definition) is 3. The first-order valence-electron chi connectivity index (χ1n) is 11.9. The van der Waals surface area contributed by atoms with Gasteiger partial charge in [0, 0.05) is 4.91 Å². The highest BCUT2D eigenvalue weighted by Gasteiger charge is 2.55. The Morgan fingerprint density at radius 1 is 1.41 bits per heavy atom. The average molecular weight is 612 g/mol. The van der Waals surface area contributed by atoms with E-state index in [0.29, 0.717) is 0 Å². The molecule has 41 heavy (non-hydrogen) atoms. The van der Waals surface area contributed by atoms with Gasteiger partial charge in [0.05, 0.1) is 38.3 Å². The largest absolute Gasteiger partial charge is 0.479 e. The number of rotatable bonds is 11. The van der Waals surface area contributed by atoms with Crippen LogP contribution in [-0.4, -0.2) is 75.2 Å². The van der Waals surface area contributed by atoms with Crippen molar-refractivity contribution in [3.63, 3.8) is 0 Å². The molecule has 1 fully saturated rings. The fourth-order valence-electron chi connectivity index (χ4n) is 4.18. The second-order valence-corrected chi connectivity index (χ2v) is 11.1. The van der Waals surface area contributed by atoms with E-state index in [1.165, 1.54) is 44.0 Å². The Bertz CT molecular complexity index is 1540. The number of para-hydroxylation sites is 1. The van der Waals surface area contributed by atoms with E-state index in [9.17, 15) is 20.0 Å². The van der Waals surface area contributed by atoms with E-state index in [4.69, 9.17) is 35.9 Å². The SMILES string of the molecule is COC(=O)[C@H](C)NP(=O)(OC[C@H]1O[C@@H](n2cnc3c(OC)nc(N)nc32)[C@](C)(N=[N+]=[N-])[C@@H]1O)Oc1ccccc1Cl. The van der Waals surface area contributed by atoms with Crippen molar-refractivity contribution in [2.45, 2.75) is 43.9 Å². The molecule has 17 nitrogen and oxygen atoms in total. The number of benzene rings is 1. The van der Waals surface area contributed by atoms with Crippen LogP contribution in [0.2, 0.25) is 5.02 Å². The Balaban J connectivity index is 1.65. The average Bonchev–Trinajstić information content (AvgIpc) is 3.46. The molecule has 4 N–H and O–H groups in total. The molecular weight excluding hydrogens is 585 g/mol. The van der Waals surface area contributed by atoms with Crippen LogP contribution in [0, 0.1) is 0 Å². The van der Waals surface area contributed by atoms with Crippen molar-refractivity contribution in [2.75, 3.05) is 26.6 Å². The zero-order chi connectivity index (χ0) is 29.9. The van der Waals surface area contributed by atoms with Crippen LogP contribution >= 0.6 is 19.3 Å². The second-order valence-electron chi connectivity index (χ2n) is 8.99. The molecule has 1 aliphatic rings. The van der Waals surface area contributed by atoms with Crippen LogP contribution in [0.25, 0.3) is 21.6 Å². The zero-order valence-corrected chi connectivity index (χ0v) is 23.9. The van der Waals surface area contributed by atoms with Gasteiger partial charge in [-0.2, -0.15) is 15.1 Å². The van der Waals surface area contributed by atoms with Crippen LogP contribution in [0.3, 0.4) is 0 Å². The number of hydrogen-bond acceptors (Lipinski definition) is 13. The van der Waals surface area contributed by atoms with Gasteiger partial charge in [-0.3, -0.25) is 13.9 Å². The molecule has 3 aromatic rings. The van der Waals surface area contributed by atoms with Crippen LogP contribution in [0.5, 0.6) is 11.6 Å². The standard InChI is InChI=1S/C22H27ClN9O8P/c1-11(19(34)37-4)29-41(35,40-13-8-6-5-7-12(13)23)38-9-14-16(33)22(2,30-31-25)20(39-14)32-10-26-15-17(32)27-21(24)28-18(15)36-3/h5-8,10-11,14,16,20,33H,9H2,1-4H3,(H,29,35)(H2,24,27,28)/t11-,14+,16+,20+,22+,41?/m0/s1. The molecule has 0 aliphatic carbocycles. The number of nitrogens with zero attached hydrogens (tertiary/aromatic N) is 7. The molecule has 0 bridgehead atoms. The van der Waals surface area contributed by atoms with Crippen molar-refractivity contribution < 1.29 is 37.7 Å². The number of carbonyl (C=O) groups is 1. The van der Waals surface area contributed by atoms with Gasteiger partial charge in [-0.05, 0) is 31.5 Å². The van der Waals surface area contributed by atoms with Gasteiger partial charge < -0.3 is 29.6 Å². The molecule has 6 atom stereocenters. The second kappa shape index (κ2) is 12.0. The molecule has 0 saturated carbocycles. The molecule has 4 rings (SSSR count). The van der Waals surface area contributed by atoms with Gasteiger partial charge in [0.25, 0.3) is 0 Å². The molecular formula is C22H27ClN9O8P. The van der Waals surface area contributed by atoms with Gasteiger partial charge >= 0.3 is 13.7 Å². The number of ether oxygens (including phenoxy) is 3. The highest BCUT2D eigenvalue weighted by molar-refractivity contribution is 7.52. The number of aliphatic hydroxyl groups excluding tert-OH is 1. The van der Waals surface area contributed by atoms with Crippen LogP contribution in [0.4, 0.5) is 5.95 Å². The molecule has 1 aliphatic heterocycles. The summed E-state index contributed by atoms with van der Waals surface area (Å²) in [4.78, 5) is 27.3. The molecule has 19 heteroatoms. The number of methoxy groups -OCH3 is 2. The minimum Gasteiger partial charge on any atom is -0.479 e. The Morgan fingerprint density at radius 2 is 2.15 bits per heavy atom. The number of nitrogens with two attached hydrogens (primary N) is 1. The van der Waals surface area contributed by atoms with Crippen molar-refractivity contribution in [3.8, 4) is 11.6 Å². The van der Waals surface area contributed by atoms with Crippen LogP contribution in [0.1, 0.15) is 20.1 Å². The lowest BCUT2D eigenvalue weighted by molar-refractivity contribution is -0.142. The topological polar surface area (TPSA) is 231 Å². The molecule has 220 valence electrons. The molecule has 3 heterocycles. The molecule has 1 aromatic carbocycles. The minimum absolute atomic E-state index is 0.00264. The third-order valence-electron chi connectivity index (χ3n) is 6.24. The summed E-state index contributed by atoms with van der Waals surface area (Å²) in [6.07, 6.45) is -2.57. The summed E-state index contributed by atoms with van der Waals surface area (Å²) in [5, 5.41) is 17.7. The number of aliphatic hydroxyl groups is 1. The number of esters is 1. The number of aromatic nitrogens is 4. The molecule has 2 aromatic heterocycles. The van der Waals surface area contributed by atoms with Gasteiger partial charge in [-0.25, -0.2) is 9.55 Å². The number of anilines is 1. The number of halogens is 1. The molecule has 0 radical (unpaired) electrons. The third-order valence-corrected chi connectivity index (χ3v) is 8.18. The minimum atomic E-state index is -4.37. The Kier molecular flexibility index (Phi) is 8.89. The predicted molar refractivity (Wildman–Crippen MR) is 144 cm³/mol. The van der Waals surface area contributed by atoms with Crippen molar-refractivity contribution in [2.24, 2.45) is 5.11 Å². The summed E-state index contributed by atoms with van der Waals surface area (Å²) in [7, 11) is -1.82. The maximum absolute atomic E-state index is 13.8. The maximum atomic E-state index is 13.8. The first-order valence-corrected chi connectivity index (χ1v) is 13.9. The lowest BCUT2D eigenvalue weighted by Gasteiger charge is -2.28. The fourth-order valence-corrected chi connectivity index (χ4v) is 5.93. The predicted octanol–water partition coefficient (Wildman–Crippen LogP) is 2.75. The van der Waals surface area contributed by atoms with Crippen molar-refractivity contribution in [1.82, 2.24) is 24.6 Å². The van der Waals surface area contributed by atoms with E-state index in [-0.39, 0.29) is 33.8 Å². The lowest BCUT2D eigenvalue weighted by Crippen LogP contribution is -2.43. The highest BCUT2D eigenvalue weighted by atomic mass is 35.5. The van der Waals surface area contributed by atoms with E-state index in [1.54, 1.807) is 12.1 Å². The van der Waals surface area contributed by atoms with E-state index in [2.05, 4.69) is 34.8 Å². The van der Waals surface area contributed by atoms with Gasteiger partial charge in [0.2, 0.25) is 11.8 Å². The molecule has 1 unspecified atom stereocenters. The highest BCUT2D eigenvalue weighted by Crippen LogP contribution is 2.49. The number of imidazole rings is 1. The van der Waals surface area contributed by atoms with Crippen molar-refractivity contribution >= 4 is 42.4 Å². The van der Waals surface area contributed by atoms with Gasteiger partial charge in [-0.15, -0.1) is 0 Å². The van der Waals surface area contributed by atoms with E-state index >= 15 is 0 Å². The monoisotopic (exact) mass is 611 g/mol. The van der Waals surface area contributed by atoms with Crippen LogP contribution in [-0.2, 0) is 23.4 Å². The van der Waals surface area contributed by atoms with E-state index < -0.39 is 50.3 Å². The van der Waals surface area contributed by atoms with Crippen LogP contribution < -0.4 is 20.1 Å².